The Morgan fingerprint density at radius 3 is 2.50 bits per heavy atom. The van der Waals surface area contributed by atoms with E-state index < -0.39 is 6.09 Å². The molecular formula is C19H22N2O3. The summed E-state index contributed by atoms with van der Waals surface area (Å²) in [6.45, 7) is 6.18. The predicted octanol–water partition coefficient (Wildman–Crippen LogP) is 4.63. The molecule has 0 fully saturated rings. The van der Waals surface area contributed by atoms with Crippen LogP contribution in [0.25, 0.3) is 0 Å². The Hall–Kier alpha value is -2.82. The molecule has 5 nitrogen and oxygen atoms in total. The molecule has 0 aromatic heterocycles. The Kier molecular flexibility index (Phi) is 5.95. The number of hydrogen-bond donors (Lipinski definition) is 2. The van der Waals surface area contributed by atoms with Crippen molar-refractivity contribution in [2.75, 3.05) is 17.2 Å². The number of ether oxygens (including phenoxy) is 1. The van der Waals surface area contributed by atoms with Gasteiger partial charge in [0.1, 0.15) is 0 Å². The zero-order valence-electron chi connectivity index (χ0n) is 14.1. The third kappa shape index (κ3) is 4.59. The monoisotopic (exact) mass is 326 g/mol. The van der Waals surface area contributed by atoms with Gasteiger partial charge in [-0.2, -0.15) is 0 Å². The van der Waals surface area contributed by atoms with Crippen LogP contribution in [0.2, 0.25) is 0 Å². The second kappa shape index (κ2) is 8.15. The van der Waals surface area contributed by atoms with Crippen molar-refractivity contribution < 1.29 is 14.3 Å². The van der Waals surface area contributed by atoms with Gasteiger partial charge >= 0.3 is 6.09 Å². The van der Waals surface area contributed by atoms with Gasteiger partial charge in [-0.15, -0.1) is 0 Å². The third-order valence-corrected chi connectivity index (χ3v) is 3.48. The minimum Gasteiger partial charge on any atom is -0.450 e. The maximum Gasteiger partial charge on any atom is 0.411 e. The average Bonchev–Trinajstić information content (AvgIpc) is 2.55. The summed E-state index contributed by atoms with van der Waals surface area (Å²) in [5.74, 6) is 0.0777. The highest BCUT2D eigenvalue weighted by molar-refractivity contribution is 6.05. The zero-order valence-corrected chi connectivity index (χ0v) is 14.1. The van der Waals surface area contributed by atoms with Crippen molar-refractivity contribution in [3.8, 4) is 0 Å². The van der Waals surface area contributed by atoms with Gasteiger partial charge in [0.25, 0.3) is 5.91 Å². The molecule has 0 radical (unpaired) electrons. The van der Waals surface area contributed by atoms with E-state index in [4.69, 9.17) is 4.74 Å². The topological polar surface area (TPSA) is 67.4 Å². The number of para-hydroxylation sites is 1. The highest BCUT2D eigenvalue weighted by atomic mass is 16.5. The van der Waals surface area contributed by atoms with Gasteiger partial charge in [0.05, 0.1) is 6.61 Å². The molecule has 2 aromatic rings. The largest absolute Gasteiger partial charge is 0.450 e. The van der Waals surface area contributed by atoms with Crippen molar-refractivity contribution >= 4 is 23.4 Å². The van der Waals surface area contributed by atoms with E-state index in [1.54, 1.807) is 31.2 Å². The summed E-state index contributed by atoms with van der Waals surface area (Å²) in [5, 5.41) is 5.52. The number of carbonyl (C=O) groups is 2. The lowest BCUT2D eigenvalue weighted by atomic mass is 10.0. The molecule has 0 atom stereocenters. The summed E-state index contributed by atoms with van der Waals surface area (Å²) in [6.07, 6.45) is -0.541. The van der Waals surface area contributed by atoms with Gasteiger partial charge in [-0.1, -0.05) is 38.1 Å². The first kappa shape index (κ1) is 17.5. The van der Waals surface area contributed by atoms with E-state index in [0.717, 1.165) is 11.3 Å². The summed E-state index contributed by atoms with van der Waals surface area (Å²) in [7, 11) is 0. The molecule has 0 spiro atoms. The standard InChI is InChI=1S/C19H22N2O3/c1-4-24-19(23)20-15-9-7-8-14(12-15)18(22)21-17-11-6-5-10-16(17)13(2)3/h5-13H,4H2,1-3H3,(H,20,23)(H,21,22). The van der Waals surface area contributed by atoms with Gasteiger partial charge in [-0.3, -0.25) is 10.1 Å². The smallest absolute Gasteiger partial charge is 0.411 e. The first-order valence-corrected chi connectivity index (χ1v) is 7.95. The van der Waals surface area contributed by atoms with Gasteiger partial charge in [0.15, 0.2) is 0 Å². The lowest BCUT2D eigenvalue weighted by Crippen LogP contribution is -2.16. The van der Waals surface area contributed by atoms with Gasteiger partial charge < -0.3 is 10.1 Å². The molecule has 0 heterocycles. The Balaban J connectivity index is 2.15. The maximum atomic E-state index is 12.5. The number of amides is 2. The summed E-state index contributed by atoms with van der Waals surface area (Å²) in [6, 6.07) is 14.5. The maximum absolute atomic E-state index is 12.5. The van der Waals surface area contributed by atoms with Crippen molar-refractivity contribution in [3.63, 3.8) is 0 Å². The summed E-state index contributed by atoms with van der Waals surface area (Å²) >= 11 is 0. The Morgan fingerprint density at radius 2 is 1.79 bits per heavy atom. The minimum atomic E-state index is -0.541. The van der Waals surface area contributed by atoms with Crippen LogP contribution in [0.15, 0.2) is 48.5 Å². The predicted molar refractivity (Wildman–Crippen MR) is 95.6 cm³/mol. The molecule has 0 saturated carbocycles. The van der Waals surface area contributed by atoms with Crippen molar-refractivity contribution in [1.29, 1.82) is 0 Å². The van der Waals surface area contributed by atoms with Crippen molar-refractivity contribution in [2.45, 2.75) is 26.7 Å². The lowest BCUT2D eigenvalue weighted by molar-refractivity contribution is 0.102. The molecule has 0 aliphatic rings. The average molecular weight is 326 g/mol. The molecule has 0 aliphatic heterocycles. The number of carbonyl (C=O) groups excluding carboxylic acids is 2. The van der Waals surface area contributed by atoms with E-state index in [9.17, 15) is 9.59 Å². The summed E-state index contributed by atoms with van der Waals surface area (Å²) in [5.41, 5.74) is 2.84. The fourth-order valence-corrected chi connectivity index (χ4v) is 2.33. The van der Waals surface area contributed by atoms with Gasteiger partial charge in [0.2, 0.25) is 0 Å². The van der Waals surface area contributed by atoms with Crippen molar-refractivity contribution in [3.05, 3.63) is 59.7 Å². The Labute approximate surface area is 142 Å². The van der Waals surface area contributed by atoms with Crippen LogP contribution in [0.5, 0.6) is 0 Å². The molecule has 0 unspecified atom stereocenters. The normalized spacial score (nSPS) is 10.3. The van der Waals surface area contributed by atoms with E-state index in [1.807, 2.05) is 24.3 Å². The number of hydrogen-bond acceptors (Lipinski definition) is 3. The molecule has 5 heteroatoms. The molecule has 2 rings (SSSR count). The first-order chi connectivity index (χ1) is 11.5. The van der Waals surface area contributed by atoms with Gasteiger partial charge in [0, 0.05) is 16.9 Å². The molecule has 126 valence electrons. The lowest BCUT2D eigenvalue weighted by Gasteiger charge is -2.14. The fraction of sp³-hybridized carbons (Fsp3) is 0.263. The molecular weight excluding hydrogens is 304 g/mol. The van der Waals surface area contributed by atoms with Crippen molar-refractivity contribution in [1.82, 2.24) is 0 Å². The Bertz CT molecular complexity index is 726. The molecule has 0 aliphatic carbocycles. The molecule has 0 saturated heterocycles. The van der Waals surface area contributed by atoms with Crippen LogP contribution in [0.3, 0.4) is 0 Å². The fourth-order valence-electron chi connectivity index (χ4n) is 2.33. The van der Waals surface area contributed by atoms with Crippen LogP contribution >= 0.6 is 0 Å². The van der Waals surface area contributed by atoms with Gasteiger partial charge in [-0.25, -0.2) is 4.79 Å². The van der Waals surface area contributed by atoms with Crippen LogP contribution in [0, 0.1) is 0 Å². The SMILES string of the molecule is CCOC(=O)Nc1cccc(C(=O)Nc2ccccc2C(C)C)c1. The highest BCUT2D eigenvalue weighted by Crippen LogP contribution is 2.24. The molecule has 0 bridgehead atoms. The number of anilines is 2. The van der Waals surface area contributed by atoms with E-state index >= 15 is 0 Å². The zero-order chi connectivity index (χ0) is 17.5. The van der Waals surface area contributed by atoms with Crippen LogP contribution < -0.4 is 10.6 Å². The Morgan fingerprint density at radius 1 is 1.04 bits per heavy atom. The second-order valence-electron chi connectivity index (χ2n) is 5.62. The number of benzene rings is 2. The van der Waals surface area contributed by atoms with Crippen LogP contribution in [0.4, 0.5) is 16.2 Å². The molecule has 2 amide bonds. The highest BCUT2D eigenvalue weighted by Gasteiger charge is 2.12. The van der Waals surface area contributed by atoms with Crippen LogP contribution in [0.1, 0.15) is 42.6 Å². The minimum absolute atomic E-state index is 0.226. The van der Waals surface area contributed by atoms with Crippen molar-refractivity contribution in [2.24, 2.45) is 0 Å². The summed E-state index contributed by atoms with van der Waals surface area (Å²) in [4.78, 5) is 24.0. The van der Waals surface area contributed by atoms with E-state index in [0.29, 0.717) is 17.2 Å². The van der Waals surface area contributed by atoms with Gasteiger partial charge in [-0.05, 0) is 42.7 Å². The second-order valence-corrected chi connectivity index (χ2v) is 5.62. The summed E-state index contributed by atoms with van der Waals surface area (Å²) < 4.78 is 4.83. The number of nitrogens with one attached hydrogen (secondary N) is 2. The first-order valence-electron chi connectivity index (χ1n) is 7.95. The van der Waals surface area contributed by atoms with E-state index in [1.165, 1.54) is 0 Å². The molecule has 2 N–H and O–H groups in total. The molecule has 24 heavy (non-hydrogen) atoms. The van der Waals surface area contributed by atoms with E-state index in [-0.39, 0.29) is 12.5 Å². The van der Waals surface area contributed by atoms with Crippen LogP contribution in [-0.4, -0.2) is 18.6 Å². The molecule has 2 aromatic carbocycles. The third-order valence-electron chi connectivity index (χ3n) is 3.48. The van der Waals surface area contributed by atoms with Crippen LogP contribution in [-0.2, 0) is 4.74 Å². The number of rotatable bonds is 5. The quantitative estimate of drug-likeness (QED) is 0.841. The van der Waals surface area contributed by atoms with E-state index in [2.05, 4.69) is 24.5 Å².